The molecule has 0 saturated carbocycles. The Balaban J connectivity index is 0.00000256. The number of nitrogens with two attached hydrogens (primary N) is 1. The second kappa shape index (κ2) is 7.14. The quantitative estimate of drug-likeness (QED) is 0.870. The molecule has 1 rings (SSSR count). The number of halogens is 1. The zero-order chi connectivity index (χ0) is 12.1. The van der Waals surface area contributed by atoms with E-state index in [2.05, 4.69) is 5.32 Å². The van der Waals surface area contributed by atoms with Gasteiger partial charge in [0.2, 0.25) is 5.91 Å². The van der Waals surface area contributed by atoms with Crippen LogP contribution in [0.1, 0.15) is 20.8 Å². The molecule has 0 heterocycles. The summed E-state index contributed by atoms with van der Waals surface area (Å²) in [5, 5.41) is 2.73. The van der Waals surface area contributed by atoms with E-state index in [9.17, 15) is 4.79 Å². The number of carbonyl (C=O) groups is 1. The van der Waals surface area contributed by atoms with Gasteiger partial charge in [0.1, 0.15) is 5.75 Å². The van der Waals surface area contributed by atoms with Gasteiger partial charge in [0, 0.05) is 0 Å². The van der Waals surface area contributed by atoms with Gasteiger partial charge in [-0.2, -0.15) is 0 Å². The van der Waals surface area contributed by atoms with Crippen LogP contribution < -0.4 is 15.8 Å². The van der Waals surface area contributed by atoms with E-state index in [1.807, 2.05) is 32.0 Å². The molecular formula is C12H19ClN2O2. The number of para-hydroxylation sites is 2. The lowest BCUT2D eigenvalue weighted by Gasteiger charge is -2.15. The molecule has 96 valence electrons. The summed E-state index contributed by atoms with van der Waals surface area (Å²) in [6.07, 6.45) is 0.0633. The Kier molecular flexibility index (Phi) is 6.61. The second-order valence-corrected chi connectivity index (χ2v) is 3.94. The van der Waals surface area contributed by atoms with E-state index in [-0.39, 0.29) is 24.4 Å². The van der Waals surface area contributed by atoms with Gasteiger partial charge >= 0.3 is 0 Å². The van der Waals surface area contributed by atoms with Crippen LogP contribution in [-0.2, 0) is 4.79 Å². The van der Waals surface area contributed by atoms with Crippen LogP contribution >= 0.6 is 12.4 Å². The fourth-order valence-corrected chi connectivity index (χ4v) is 1.17. The predicted molar refractivity (Wildman–Crippen MR) is 71.7 cm³/mol. The minimum atomic E-state index is -0.535. The molecule has 1 atom stereocenters. The third kappa shape index (κ3) is 5.06. The summed E-state index contributed by atoms with van der Waals surface area (Å²) in [7, 11) is 0. The first-order chi connectivity index (χ1) is 7.50. The molecule has 0 spiro atoms. The minimum absolute atomic E-state index is 0. The summed E-state index contributed by atoms with van der Waals surface area (Å²) in [5.41, 5.74) is 6.13. The van der Waals surface area contributed by atoms with E-state index in [4.69, 9.17) is 10.5 Å². The highest BCUT2D eigenvalue weighted by Gasteiger charge is 2.11. The first-order valence-corrected chi connectivity index (χ1v) is 5.33. The lowest BCUT2D eigenvalue weighted by Crippen LogP contribution is -2.32. The maximum Gasteiger partial charge on any atom is 0.241 e. The van der Waals surface area contributed by atoms with Crippen molar-refractivity contribution >= 4 is 24.0 Å². The molecule has 0 aliphatic carbocycles. The van der Waals surface area contributed by atoms with Crippen LogP contribution in [0.3, 0.4) is 0 Å². The van der Waals surface area contributed by atoms with Crippen LogP contribution in [0.5, 0.6) is 5.75 Å². The first kappa shape index (κ1) is 15.7. The number of anilines is 1. The second-order valence-electron chi connectivity index (χ2n) is 3.94. The fourth-order valence-electron chi connectivity index (χ4n) is 1.17. The lowest BCUT2D eigenvalue weighted by molar-refractivity contribution is -0.117. The normalized spacial score (nSPS) is 11.6. The standard InChI is InChI=1S/C12H18N2O2.ClH/c1-8(2)16-11-7-5-4-6-10(11)14-12(15)9(3)13;/h4-9H,13H2,1-3H3,(H,14,15);1H/t9-;/m0./s1. The molecule has 0 unspecified atom stereocenters. The van der Waals surface area contributed by atoms with Gasteiger partial charge in [-0.3, -0.25) is 4.79 Å². The Hall–Kier alpha value is -1.26. The van der Waals surface area contributed by atoms with Crippen molar-refractivity contribution < 1.29 is 9.53 Å². The van der Waals surface area contributed by atoms with Crippen molar-refractivity contribution in [3.63, 3.8) is 0 Å². The molecule has 5 heteroatoms. The molecule has 3 N–H and O–H groups in total. The summed E-state index contributed by atoms with van der Waals surface area (Å²) >= 11 is 0. The zero-order valence-corrected chi connectivity index (χ0v) is 11.1. The van der Waals surface area contributed by atoms with Crippen LogP contribution in [0, 0.1) is 0 Å². The topological polar surface area (TPSA) is 64.3 Å². The van der Waals surface area contributed by atoms with Crippen molar-refractivity contribution in [3.8, 4) is 5.75 Å². The number of ether oxygens (including phenoxy) is 1. The summed E-state index contributed by atoms with van der Waals surface area (Å²) in [6.45, 7) is 5.51. The Labute approximate surface area is 108 Å². The molecule has 0 bridgehead atoms. The van der Waals surface area contributed by atoms with Gasteiger partial charge in [-0.25, -0.2) is 0 Å². The van der Waals surface area contributed by atoms with E-state index < -0.39 is 6.04 Å². The van der Waals surface area contributed by atoms with E-state index in [1.165, 1.54) is 0 Å². The number of rotatable bonds is 4. The van der Waals surface area contributed by atoms with Gasteiger partial charge in [0.25, 0.3) is 0 Å². The largest absolute Gasteiger partial charge is 0.489 e. The summed E-state index contributed by atoms with van der Waals surface area (Å²) in [5.74, 6) is 0.436. The van der Waals surface area contributed by atoms with Gasteiger partial charge in [-0.05, 0) is 32.9 Å². The summed E-state index contributed by atoms with van der Waals surface area (Å²) < 4.78 is 5.57. The average molecular weight is 259 g/mol. The maximum atomic E-state index is 11.5. The number of hydrogen-bond acceptors (Lipinski definition) is 3. The minimum Gasteiger partial charge on any atom is -0.489 e. The van der Waals surface area contributed by atoms with Crippen LogP contribution in [-0.4, -0.2) is 18.1 Å². The smallest absolute Gasteiger partial charge is 0.241 e. The Morgan fingerprint density at radius 3 is 2.41 bits per heavy atom. The van der Waals surface area contributed by atoms with Crippen molar-refractivity contribution in [2.75, 3.05) is 5.32 Å². The van der Waals surface area contributed by atoms with Crippen LogP contribution in [0.15, 0.2) is 24.3 Å². The number of carbonyl (C=O) groups excluding carboxylic acids is 1. The Morgan fingerprint density at radius 2 is 1.88 bits per heavy atom. The molecule has 1 aromatic carbocycles. The van der Waals surface area contributed by atoms with Crippen molar-refractivity contribution in [2.24, 2.45) is 5.73 Å². The van der Waals surface area contributed by atoms with Crippen LogP contribution in [0.2, 0.25) is 0 Å². The zero-order valence-electron chi connectivity index (χ0n) is 10.3. The SMILES string of the molecule is CC(C)Oc1ccccc1NC(=O)[C@H](C)N.Cl. The molecule has 17 heavy (non-hydrogen) atoms. The van der Waals surface area contributed by atoms with Gasteiger partial charge in [0.05, 0.1) is 17.8 Å². The van der Waals surface area contributed by atoms with Crippen molar-refractivity contribution in [3.05, 3.63) is 24.3 Å². The monoisotopic (exact) mass is 258 g/mol. The van der Waals surface area contributed by atoms with E-state index in [1.54, 1.807) is 13.0 Å². The summed E-state index contributed by atoms with van der Waals surface area (Å²) in [6, 6.07) is 6.77. The average Bonchev–Trinajstić information content (AvgIpc) is 2.20. The van der Waals surface area contributed by atoms with E-state index in [0.29, 0.717) is 11.4 Å². The molecule has 4 nitrogen and oxygen atoms in total. The first-order valence-electron chi connectivity index (χ1n) is 5.33. The summed E-state index contributed by atoms with van der Waals surface area (Å²) in [4.78, 5) is 11.5. The van der Waals surface area contributed by atoms with Gasteiger partial charge in [-0.1, -0.05) is 12.1 Å². The van der Waals surface area contributed by atoms with E-state index in [0.717, 1.165) is 0 Å². The van der Waals surface area contributed by atoms with Crippen molar-refractivity contribution in [1.29, 1.82) is 0 Å². The van der Waals surface area contributed by atoms with Crippen molar-refractivity contribution in [2.45, 2.75) is 32.9 Å². The molecule has 0 radical (unpaired) electrons. The molecule has 0 aromatic heterocycles. The highest BCUT2D eigenvalue weighted by molar-refractivity contribution is 5.95. The third-order valence-corrected chi connectivity index (χ3v) is 1.92. The van der Waals surface area contributed by atoms with Crippen LogP contribution in [0.25, 0.3) is 0 Å². The number of benzene rings is 1. The van der Waals surface area contributed by atoms with Gasteiger partial charge in [0.15, 0.2) is 0 Å². The molecule has 0 fully saturated rings. The number of hydrogen-bond donors (Lipinski definition) is 2. The van der Waals surface area contributed by atoms with Gasteiger partial charge in [-0.15, -0.1) is 12.4 Å². The predicted octanol–water partition coefficient (Wildman–Crippen LogP) is 2.18. The molecule has 0 aliphatic rings. The highest BCUT2D eigenvalue weighted by atomic mass is 35.5. The number of nitrogens with one attached hydrogen (secondary N) is 1. The Morgan fingerprint density at radius 1 is 1.29 bits per heavy atom. The highest BCUT2D eigenvalue weighted by Crippen LogP contribution is 2.24. The molecule has 0 saturated heterocycles. The van der Waals surface area contributed by atoms with Crippen LogP contribution in [0.4, 0.5) is 5.69 Å². The van der Waals surface area contributed by atoms with E-state index >= 15 is 0 Å². The van der Waals surface area contributed by atoms with Gasteiger partial charge < -0.3 is 15.8 Å². The fraction of sp³-hybridized carbons (Fsp3) is 0.417. The molecule has 1 aromatic rings. The third-order valence-electron chi connectivity index (χ3n) is 1.92. The molecule has 1 amide bonds. The number of amides is 1. The molecular weight excluding hydrogens is 240 g/mol. The maximum absolute atomic E-state index is 11.5. The molecule has 0 aliphatic heterocycles. The lowest BCUT2D eigenvalue weighted by atomic mass is 10.2. The Bertz CT molecular complexity index is 367. The van der Waals surface area contributed by atoms with Crippen molar-refractivity contribution in [1.82, 2.24) is 0 Å².